The summed E-state index contributed by atoms with van der Waals surface area (Å²) >= 11 is 0. The Morgan fingerprint density at radius 3 is 2.50 bits per heavy atom. The molecule has 0 unspecified atom stereocenters. The highest BCUT2D eigenvalue weighted by Gasteiger charge is 2.31. The van der Waals surface area contributed by atoms with Crippen LogP contribution in [0.1, 0.15) is 11.3 Å². The van der Waals surface area contributed by atoms with E-state index < -0.39 is 18.3 Å². The molecule has 1 rings (SSSR count). The molecule has 0 bridgehead atoms. The van der Waals surface area contributed by atoms with Gasteiger partial charge in [0.2, 0.25) is 5.88 Å². The molecule has 6 heteroatoms. The summed E-state index contributed by atoms with van der Waals surface area (Å²) in [5, 5.41) is 8.66. The normalized spacial score (nSPS) is 11.5. The highest BCUT2D eigenvalue weighted by atomic mass is 19.4. The first-order chi connectivity index (χ1) is 6.47. The summed E-state index contributed by atoms with van der Waals surface area (Å²) in [7, 11) is 1.21. The maximum Gasteiger partial charge on any atom is 0.416 e. The van der Waals surface area contributed by atoms with E-state index in [0.717, 1.165) is 12.1 Å². The van der Waals surface area contributed by atoms with Gasteiger partial charge in [-0.1, -0.05) is 0 Å². The Bertz CT molecular complexity index is 303. The van der Waals surface area contributed by atoms with Crippen molar-refractivity contribution in [3.8, 4) is 5.88 Å². The highest BCUT2D eigenvalue weighted by molar-refractivity contribution is 5.27. The van der Waals surface area contributed by atoms with Crippen molar-refractivity contribution in [3.05, 3.63) is 23.4 Å². The van der Waals surface area contributed by atoms with E-state index in [1.54, 1.807) is 0 Å². The molecule has 1 N–H and O–H groups in total. The van der Waals surface area contributed by atoms with Gasteiger partial charge in [0.25, 0.3) is 0 Å². The molecule has 0 aromatic carbocycles. The quantitative estimate of drug-likeness (QED) is 0.800. The van der Waals surface area contributed by atoms with Gasteiger partial charge in [0.1, 0.15) is 0 Å². The number of aliphatic hydroxyl groups excluding tert-OH is 1. The van der Waals surface area contributed by atoms with Gasteiger partial charge in [-0.25, -0.2) is 4.98 Å². The van der Waals surface area contributed by atoms with E-state index in [0.29, 0.717) is 0 Å². The Morgan fingerprint density at radius 2 is 2.07 bits per heavy atom. The SMILES string of the molecule is COc1cc(C(F)(F)F)cc(CO)n1. The van der Waals surface area contributed by atoms with Crippen LogP contribution in [-0.2, 0) is 12.8 Å². The van der Waals surface area contributed by atoms with E-state index in [9.17, 15) is 13.2 Å². The number of halogens is 3. The topological polar surface area (TPSA) is 42.4 Å². The standard InChI is InChI=1S/C8H8F3NO2/c1-14-7-3-5(8(9,10)11)2-6(4-13)12-7/h2-3,13H,4H2,1H3. The highest BCUT2D eigenvalue weighted by Crippen LogP contribution is 2.31. The minimum Gasteiger partial charge on any atom is -0.481 e. The van der Waals surface area contributed by atoms with Crippen molar-refractivity contribution in [1.29, 1.82) is 0 Å². The number of hydrogen-bond donors (Lipinski definition) is 1. The van der Waals surface area contributed by atoms with Crippen LogP contribution in [0.25, 0.3) is 0 Å². The predicted molar refractivity (Wildman–Crippen MR) is 41.7 cm³/mol. The molecular weight excluding hydrogens is 199 g/mol. The molecule has 0 saturated carbocycles. The van der Waals surface area contributed by atoms with Gasteiger partial charge < -0.3 is 9.84 Å². The summed E-state index contributed by atoms with van der Waals surface area (Å²) in [5.41, 5.74) is -0.954. The fourth-order valence-corrected chi connectivity index (χ4v) is 0.910. The Labute approximate surface area is 78.2 Å². The van der Waals surface area contributed by atoms with Crippen LogP contribution in [0.4, 0.5) is 13.2 Å². The number of alkyl halides is 3. The average molecular weight is 207 g/mol. The summed E-state index contributed by atoms with van der Waals surface area (Å²) in [6.07, 6.45) is -4.46. The number of nitrogens with zero attached hydrogens (tertiary/aromatic N) is 1. The molecule has 1 heterocycles. The van der Waals surface area contributed by atoms with Crippen LogP contribution in [0.2, 0.25) is 0 Å². The molecule has 0 saturated heterocycles. The Kier molecular flexibility index (Phi) is 2.95. The van der Waals surface area contributed by atoms with Crippen LogP contribution >= 0.6 is 0 Å². The summed E-state index contributed by atoms with van der Waals surface area (Å²) in [5.74, 6) is -0.163. The Balaban J connectivity index is 3.17. The number of pyridine rings is 1. The fourth-order valence-electron chi connectivity index (χ4n) is 0.910. The molecule has 0 aliphatic heterocycles. The van der Waals surface area contributed by atoms with Crippen LogP contribution < -0.4 is 4.74 Å². The fraction of sp³-hybridized carbons (Fsp3) is 0.375. The van der Waals surface area contributed by atoms with Crippen molar-refractivity contribution >= 4 is 0 Å². The lowest BCUT2D eigenvalue weighted by atomic mass is 10.2. The number of methoxy groups -OCH3 is 1. The minimum absolute atomic E-state index is 0.0725. The maximum atomic E-state index is 12.3. The molecule has 1 aromatic rings. The summed E-state index contributed by atoms with van der Waals surface area (Å²) in [4.78, 5) is 3.61. The first-order valence-electron chi connectivity index (χ1n) is 3.70. The van der Waals surface area contributed by atoms with Crippen LogP contribution in [-0.4, -0.2) is 17.2 Å². The lowest BCUT2D eigenvalue weighted by Gasteiger charge is -2.09. The lowest BCUT2D eigenvalue weighted by molar-refractivity contribution is -0.137. The zero-order valence-electron chi connectivity index (χ0n) is 7.30. The molecule has 3 nitrogen and oxygen atoms in total. The Morgan fingerprint density at radius 1 is 1.43 bits per heavy atom. The largest absolute Gasteiger partial charge is 0.481 e. The molecule has 0 spiro atoms. The van der Waals surface area contributed by atoms with Crippen LogP contribution in [0.15, 0.2) is 12.1 Å². The van der Waals surface area contributed by atoms with E-state index in [1.165, 1.54) is 7.11 Å². The van der Waals surface area contributed by atoms with Crippen LogP contribution in [0.3, 0.4) is 0 Å². The smallest absolute Gasteiger partial charge is 0.416 e. The molecule has 0 radical (unpaired) electrons. The predicted octanol–water partition coefficient (Wildman–Crippen LogP) is 1.60. The Hall–Kier alpha value is -1.30. The molecule has 0 aliphatic carbocycles. The van der Waals surface area contributed by atoms with Crippen LogP contribution in [0.5, 0.6) is 5.88 Å². The van der Waals surface area contributed by atoms with Crippen LogP contribution in [0, 0.1) is 0 Å². The summed E-state index contributed by atoms with van der Waals surface area (Å²) in [6.45, 7) is -0.555. The van der Waals surface area contributed by atoms with Gasteiger partial charge in [-0.05, 0) is 6.07 Å². The number of aliphatic hydroxyl groups is 1. The van der Waals surface area contributed by atoms with Crippen molar-refractivity contribution in [3.63, 3.8) is 0 Å². The molecule has 78 valence electrons. The summed E-state index contributed by atoms with van der Waals surface area (Å²) < 4.78 is 41.3. The van der Waals surface area contributed by atoms with Crippen molar-refractivity contribution in [2.24, 2.45) is 0 Å². The molecular formula is C8H8F3NO2. The van der Waals surface area contributed by atoms with E-state index >= 15 is 0 Å². The molecule has 0 fully saturated rings. The maximum absolute atomic E-state index is 12.3. The first kappa shape index (κ1) is 10.8. The van der Waals surface area contributed by atoms with Crippen molar-refractivity contribution in [2.75, 3.05) is 7.11 Å². The molecule has 1 aromatic heterocycles. The lowest BCUT2D eigenvalue weighted by Crippen LogP contribution is -2.07. The van der Waals surface area contributed by atoms with Gasteiger partial charge >= 0.3 is 6.18 Å². The number of hydrogen-bond acceptors (Lipinski definition) is 3. The molecule has 0 atom stereocenters. The second kappa shape index (κ2) is 3.83. The third kappa shape index (κ3) is 2.35. The van der Waals surface area contributed by atoms with Gasteiger partial charge in [0.15, 0.2) is 0 Å². The second-order valence-electron chi connectivity index (χ2n) is 2.55. The zero-order chi connectivity index (χ0) is 10.8. The third-order valence-electron chi connectivity index (χ3n) is 1.55. The van der Waals surface area contributed by atoms with E-state index in [1.807, 2.05) is 0 Å². The van der Waals surface area contributed by atoms with E-state index in [-0.39, 0.29) is 11.6 Å². The van der Waals surface area contributed by atoms with Gasteiger partial charge in [-0.3, -0.25) is 0 Å². The van der Waals surface area contributed by atoms with Gasteiger partial charge in [0, 0.05) is 6.07 Å². The molecule has 0 amide bonds. The average Bonchev–Trinajstić information content (AvgIpc) is 2.15. The van der Waals surface area contributed by atoms with Crippen molar-refractivity contribution in [1.82, 2.24) is 4.98 Å². The summed E-state index contributed by atoms with van der Waals surface area (Å²) in [6, 6.07) is 1.56. The van der Waals surface area contributed by atoms with Gasteiger partial charge in [-0.2, -0.15) is 13.2 Å². The van der Waals surface area contributed by atoms with Gasteiger partial charge in [0.05, 0.1) is 25.0 Å². The van der Waals surface area contributed by atoms with E-state index in [4.69, 9.17) is 5.11 Å². The number of ether oxygens (including phenoxy) is 1. The van der Waals surface area contributed by atoms with Crippen molar-refractivity contribution in [2.45, 2.75) is 12.8 Å². The number of aromatic nitrogens is 1. The minimum atomic E-state index is -4.46. The van der Waals surface area contributed by atoms with Crippen molar-refractivity contribution < 1.29 is 23.0 Å². The molecule has 0 aliphatic rings. The first-order valence-corrected chi connectivity index (χ1v) is 3.70. The second-order valence-corrected chi connectivity index (χ2v) is 2.55. The number of rotatable bonds is 2. The molecule has 14 heavy (non-hydrogen) atoms. The van der Waals surface area contributed by atoms with Gasteiger partial charge in [-0.15, -0.1) is 0 Å². The third-order valence-corrected chi connectivity index (χ3v) is 1.55. The zero-order valence-corrected chi connectivity index (χ0v) is 7.30. The van der Waals surface area contributed by atoms with E-state index in [2.05, 4.69) is 9.72 Å². The monoisotopic (exact) mass is 207 g/mol.